The van der Waals surface area contributed by atoms with Gasteiger partial charge in [-0.15, -0.1) is 0 Å². The maximum absolute atomic E-state index is 6.01. The number of rotatable bonds is 2. The molecule has 0 amide bonds. The van der Waals surface area contributed by atoms with Gasteiger partial charge < -0.3 is 11.5 Å². The van der Waals surface area contributed by atoms with Gasteiger partial charge in [0.2, 0.25) is 5.95 Å². The van der Waals surface area contributed by atoms with Gasteiger partial charge >= 0.3 is 0 Å². The molecule has 5 nitrogen and oxygen atoms in total. The van der Waals surface area contributed by atoms with Gasteiger partial charge in [-0.1, -0.05) is 20.8 Å². The van der Waals surface area contributed by atoms with Crippen molar-refractivity contribution in [1.29, 1.82) is 0 Å². The summed E-state index contributed by atoms with van der Waals surface area (Å²) in [6, 6.07) is 0.0456. The molecule has 1 aromatic heterocycles. The van der Waals surface area contributed by atoms with Crippen molar-refractivity contribution in [2.24, 2.45) is 18.2 Å². The van der Waals surface area contributed by atoms with Crippen LogP contribution in [0, 0.1) is 5.41 Å². The van der Waals surface area contributed by atoms with Gasteiger partial charge in [-0.3, -0.25) is 0 Å². The smallest absolute Gasteiger partial charge is 0.218 e. The summed E-state index contributed by atoms with van der Waals surface area (Å²) in [6.45, 7) is 6.30. The predicted octanol–water partition coefficient (Wildman–Crippen LogP) is 0.313. The molecule has 5 heteroatoms. The molecule has 0 spiro atoms. The number of nitrogen functional groups attached to an aromatic ring is 1. The Bertz CT molecular complexity index is 290. The molecule has 0 aliphatic heterocycles. The fourth-order valence-electron chi connectivity index (χ4n) is 1.04. The molecule has 0 saturated carbocycles. The SMILES string of the molecule is Cn1nc(CC(N)C(C)(C)C)nc1N. The summed E-state index contributed by atoms with van der Waals surface area (Å²) in [6.07, 6.45) is 0.661. The second-order valence-corrected chi connectivity index (χ2v) is 4.69. The lowest BCUT2D eigenvalue weighted by Crippen LogP contribution is -2.37. The van der Waals surface area contributed by atoms with Crippen molar-refractivity contribution in [2.45, 2.75) is 33.2 Å². The molecule has 0 bridgehead atoms. The van der Waals surface area contributed by atoms with Crippen molar-refractivity contribution < 1.29 is 0 Å². The normalized spacial score (nSPS) is 14.4. The Morgan fingerprint density at radius 3 is 2.36 bits per heavy atom. The van der Waals surface area contributed by atoms with E-state index in [2.05, 4.69) is 30.9 Å². The first-order valence-electron chi connectivity index (χ1n) is 4.71. The van der Waals surface area contributed by atoms with Crippen LogP contribution in [-0.4, -0.2) is 20.8 Å². The van der Waals surface area contributed by atoms with Crippen molar-refractivity contribution in [2.75, 3.05) is 5.73 Å². The Kier molecular flexibility index (Phi) is 2.80. The van der Waals surface area contributed by atoms with Crippen molar-refractivity contribution in [3.05, 3.63) is 5.82 Å². The topological polar surface area (TPSA) is 82.8 Å². The monoisotopic (exact) mass is 197 g/mol. The fraction of sp³-hybridized carbons (Fsp3) is 0.778. The molecule has 1 aromatic rings. The largest absolute Gasteiger partial charge is 0.368 e. The van der Waals surface area contributed by atoms with Gasteiger partial charge in [-0.2, -0.15) is 10.1 Å². The quantitative estimate of drug-likeness (QED) is 0.715. The number of anilines is 1. The lowest BCUT2D eigenvalue weighted by molar-refractivity contribution is 0.315. The number of aryl methyl sites for hydroxylation is 1. The first-order chi connectivity index (χ1) is 6.30. The standard InChI is InChI=1S/C9H19N5/c1-9(2,3)6(10)5-7-12-8(11)14(4)13-7/h6H,5,10H2,1-4H3,(H2,11,12,13). The zero-order chi connectivity index (χ0) is 10.9. The van der Waals surface area contributed by atoms with E-state index in [1.165, 1.54) is 0 Å². The van der Waals surface area contributed by atoms with Crippen LogP contribution in [0.1, 0.15) is 26.6 Å². The third-order valence-electron chi connectivity index (χ3n) is 2.36. The van der Waals surface area contributed by atoms with Crippen LogP contribution in [0.5, 0.6) is 0 Å². The van der Waals surface area contributed by atoms with Gasteiger partial charge in [-0.05, 0) is 5.41 Å². The van der Waals surface area contributed by atoms with Crippen LogP contribution >= 0.6 is 0 Å². The second-order valence-electron chi connectivity index (χ2n) is 4.69. The number of aromatic nitrogens is 3. The summed E-state index contributed by atoms with van der Waals surface area (Å²) >= 11 is 0. The molecule has 4 N–H and O–H groups in total. The summed E-state index contributed by atoms with van der Waals surface area (Å²) < 4.78 is 1.56. The summed E-state index contributed by atoms with van der Waals surface area (Å²) in [7, 11) is 1.77. The summed E-state index contributed by atoms with van der Waals surface area (Å²) in [4.78, 5) is 4.11. The van der Waals surface area contributed by atoms with E-state index in [1.807, 2.05) is 0 Å². The molecule has 1 atom stereocenters. The van der Waals surface area contributed by atoms with Gasteiger partial charge in [0.15, 0.2) is 5.82 Å². The van der Waals surface area contributed by atoms with Crippen molar-refractivity contribution >= 4 is 5.95 Å². The molecule has 0 fully saturated rings. The van der Waals surface area contributed by atoms with E-state index >= 15 is 0 Å². The molecular weight excluding hydrogens is 178 g/mol. The molecule has 0 saturated heterocycles. The maximum Gasteiger partial charge on any atom is 0.218 e. The first-order valence-corrected chi connectivity index (χ1v) is 4.71. The molecule has 14 heavy (non-hydrogen) atoms. The molecule has 0 aliphatic rings. The predicted molar refractivity (Wildman–Crippen MR) is 56.5 cm³/mol. The van der Waals surface area contributed by atoms with E-state index in [4.69, 9.17) is 11.5 Å². The lowest BCUT2D eigenvalue weighted by Gasteiger charge is -2.25. The Labute approximate surface area is 84.5 Å². The van der Waals surface area contributed by atoms with E-state index in [-0.39, 0.29) is 11.5 Å². The Balaban J connectivity index is 2.70. The minimum absolute atomic E-state index is 0.0456. The van der Waals surface area contributed by atoms with Gasteiger partial charge in [-0.25, -0.2) is 4.68 Å². The average molecular weight is 197 g/mol. The molecule has 1 heterocycles. The minimum Gasteiger partial charge on any atom is -0.368 e. The van der Waals surface area contributed by atoms with E-state index in [0.717, 1.165) is 0 Å². The molecule has 80 valence electrons. The Morgan fingerprint density at radius 2 is 2.00 bits per heavy atom. The fourth-order valence-corrected chi connectivity index (χ4v) is 1.04. The number of nitrogens with zero attached hydrogens (tertiary/aromatic N) is 3. The first kappa shape index (κ1) is 11.0. The van der Waals surface area contributed by atoms with Gasteiger partial charge in [0.25, 0.3) is 0 Å². The number of hydrogen-bond donors (Lipinski definition) is 2. The van der Waals surface area contributed by atoms with Gasteiger partial charge in [0.05, 0.1) is 0 Å². The van der Waals surface area contributed by atoms with Crippen LogP contribution < -0.4 is 11.5 Å². The second kappa shape index (κ2) is 3.57. The molecule has 0 radical (unpaired) electrons. The van der Waals surface area contributed by atoms with Gasteiger partial charge in [0.1, 0.15) is 0 Å². The van der Waals surface area contributed by atoms with Crippen LogP contribution in [0.3, 0.4) is 0 Å². The van der Waals surface area contributed by atoms with Crippen LogP contribution in [0.2, 0.25) is 0 Å². The highest BCUT2D eigenvalue weighted by molar-refractivity contribution is 5.15. The van der Waals surface area contributed by atoms with Gasteiger partial charge in [0, 0.05) is 19.5 Å². The van der Waals surface area contributed by atoms with Crippen LogP contribution in [0.4, 0.5) is 5.95 Å². The minimum atomic E-state index is 0.0456. The van der Waals surface area contributed by atoms with E-state index in [0.29, 0.717) is 18.2 Å². The summed E-state index contributed by atoms with van der Waals surface area (Å²) in [5, 5.41) is 4.16. The Hall–Kier alpha value is -1.10. The summed E-state index contributed by atoms with van der Waals surface area (Å²) in [5.74, 6) is 1.15. The molecular formula is C9H19N5. The Morgan fingerprint density at radius 1 is 1.43 bits per heavy atom. The summed E-state index contributed by atoms with van der Waals surface area (Å²) in [5.41, 5.74) is 11.6. The zero-order valence-electron chi connectivity index (χ0n) is 9.28. The number of nitrogens with two attached hydrogens (primary N) is 2. The van der Waals surface area contributed by atoms with Crippen molar-refractivity contribution in [3.8, 4) is 0 Å². The van der Waals surface area contributed by atoms with Crippen LogP contribution in [-0.2, 0) is 13.5 Å². The highest BCUT2D eigenvalue weighted by atomic mass is 15.4. The third kappa shape index (κ3) is 2.45. The van der Waals surface area contributed by atoms with E-state index in [1.54, 1.807) is 11.7 Å². The highest BCUT2D eigenvalue weighted by Crippen LogP contribution is 2.19. The molecule has 1 unspecified atom stereocenters. The zero-order valence-corrected chi connectivity index (χ0v) is 9.28. The average Bonchev–Trinajstić information content (AvgIpc) is 2.29. The number of hydrogen-bond acceptors (Lipinski definition) is 4. The van der Waals surface area contributed by atoms with Crippen LogP contribution in [0.15, 0.2) is 0 Å². The van der Waals surface area contributed by atoms with Crippen molar-refractivity contribution in [3.63, 3.8) is 0 Å². The molecule has 0 aromatic carbocycles. The maximum atomic E-state index is 6.01. The van der Waals surface area contributed by atoms with Crippen LogP contribution in [0.25, 0.3) is 0 Å². The van der Waals surface area contributed by atoms with E-state index < -0.39 is 0 Å². The van der Waals surface area contributed by atoms with E-state index in [9.17, 15) is 0 Å². The highest BCUT2D eigenvalue weighted by Gasteiger charge is 2.22. The molecule has 1 rings (SSSR count). The lowest BCUT2D eigenvalue weighted by atomic mass is 9.85. The molecule has 0 aliphatic carbocycles. The third-order valence-corrected chi connectivity index (χ3v) is 2.36. The van der Waals surface area contributed by atoms with Crippen molar-refractivity contribution in [1.82, 2.24) is 14.8 Å².